The molecule has 0 fully saturated rings. The molecule has 1 amide bonds. The number of fused-ring (bicyclic) bond motifs is 1. The van der Waals surface area contributed by atoms with E-state index in [4.69, 9.17) is 0 Å². The first-order valence-corrected chi connectivity index (χ1v) is 9.22. The predicted molar refractivity (Wildman–Crippen MR) is 112 cm³/mol. The van der Waals surface area contributed by atoms with E-state index in [0.717, 1.165) is 40.4 Å². The lowest BCUT2D eigenvalue weighted by molar-refractivity contribution is 0.102. The van der Waals surface area contributed by atoms with Crippen molar-refractivity contribution in [2.24, 2.45) is 0 Å². The number of benzene rings is 4. The Kier molecular flexibility index (Phi) is 4.97. The van der Waals surface area contributed by atoms with Crippen LogP contribution in [-0.2, 0) is 12.8 Å². The first kappa shape index (κ1) is 17.0. The van der Waals surface area contributed by atoms with Gasteiger partial charge < -0.3 is 5.32 Å². The van der Waals surface area contributed by atoms with Gasteiger partial charge in [0.05, 0.1) is 0 Å². The fraction of sp³-hybridized carbons (Fsp3) is 0.0800. The second kappa shape index (κ2) is 7.88. The third-order valence-electron chi connectivity index (χ3n) is 4.83. The zero-order chi connectivity index (χ0) is 18.5. The Balaban J connectivity index is 1.57. The zero-order valence-corrected chi connectivity index (χ0v) is 15.1. The Morgan fingerprint density at radius 1 is 0.667 bits per heavy atom. The molecule has 2 heteroatoms. The molecule has 0 spiro atoms. The van der Waals surface area contributed by atoms with Crippen molar-refractivity contribution in [3.05, 3.63) is 114 Å². The van der Waals surface area contributed by atoms with Gasteiger partial charge in [0.1, 0.15) is 0 Å². The van der Waals surface area contributed by atoms with Crippen LogP contribution >= 0.6 is 0 Å². The van der Waals surface area contributed by atoms with Crippen LogP contribution in [0.4, 0.5) is 5.69 Å². The Bertz CT molecular complexity index is 1060. The largest absolute Gasteiger partial charge is 0.321 e. The molecule has 0 saturated carbocycles. The van der Waals surface area contributed by atoms with Gasteiger partial charge in [0.25, 0.3) is 5.91 Å². The first-order valence-electron chi connectivity index (χ1n) is 9.22. The van der Waals surface area contributed by atoms with Crippen molar-refractivity contribution in [2.75, 3.05) is 5.32 Å². The molecule has 0 aliphatic rings. The van der Waals surface area contributed by atoms with E-state index in [1.54, 1.807) is 0 Å². The lowest BCUT2D eigenvalue weighted by Crippen LogP contribution is -2.14. The van der Waals surface area contributed by atoms with Gasteiger partial charge in [-0.25, -0.2) is 0 Å². The van der Waals surface area contributed by atoms with Gasteiger partial charge in [-0.15, -0.1) is 0 Å². The SMILES string of the molecule is O=C(Nc1cccc2ccccc12)c1ccccc1CCc1ccccc1. The summed E-state index contributed by atoms with van der Waals surface area (Å²) in [5, 5.41) is 5.27. The third-order valence-corrected chi connectivity index (χ3v) is 4.83. The van der Waals surface area contributed by atoms with Crippen LogP contribution < -0.4 is 5.32 Å². The molecule has 4 aromatic carbocycles. The summed E-state index contributed by atoms with van der Waals surface area (Å²) in [6, 6.07) is 32.3. The van der Waals surface area contributed by atoms with E-state index in [2.05, 4.69) is 41.7 Å². The highest BCUT2D eigenvalue weighted by Gasteiger charge is 2.12. The number of aryl methyl sites for hydroxylation is 2. The third kappa shape index (κ3) is 3.90. The van der Waals surface area contributed by atoms with E-state index >= 15 is 0 Å². The van der Waals surface area contributed by atoms with E-state index in [0.29, 0.717) is 0 Å². The maximum absolute atomic E-state index is 13.0. The Labute approximate surface area is 159 Å². The van der Waals surface area contributed by atoms with Gasteiger partial charge in [-0.3, -0.25) is 4.79 Å². The topological polar surface area (TPSA) is 29.1 Å². The average molecular weight is 351 g/mol. The van der Waals surface area contributed by atoms with Crippen molar-refractivity contribution >= 4 is 22.4 Å². The number of carbonyl (C=O) groups is 1. The predicted octanol–water partition coefficient (Wildman–Crippen LogP) is 5.88. The second-order valence-electron chi connectivity index (χ2n) is 6.62. The number of hydrogen-bond acceptors (Lipinski definition) is 1. The Morgan fingerprint density at radius 2 is 1.37 bits per heavy atom. The fourth-order valence-electron chi connectivity index (χ4n) is 3.41. The molecular formula is C25H21NO. The molecule has 1 N–H and O–H groups in total. The lowest BCUT2D eigenvalue weighted by atomic mass is 9.99. The standard InChI is InChI=1S/C25H21NO/c27-25(26-24-16-8-13-20-11-4-6-14-22(20)24)23-15-7-5-12-21(23)18-17-19-9-2-1-3-10-19/h1-16H,17-18H2,(H,26,27). The average Bonchev–Trinajstić information content (AvgIpc) is 2.73. The normalized spacial score (nSPS) is 10.7. The highest BCUT2D eigenvalue weighted by molar-refractivity contribution is 6.09. The summed E-state index contributed by atoms with van der Waals surface area (Å²) >= 11 is 0. The molecule has 27 heavy (non-hydrogen) atoms. The van der Waals surface area contributed by atoms with Gasteiger partial charge in [-0.05, 0) is 41.5 Å². The molecule has 4 aromatic rings. The molecule has 132 valence electrons. The Morgan fingerprint density at radius 3 is 2.26 bits per heavy atom. The highest BCUT2D eigenvalue weighted by atomic mass is 16.1. The van der Waals surface area contributed by atoms with Crippen LogP contribution in [0.5, 0.6) is 0 Å². The molecule has 0 saturated heterocycles. The van der Waals surface area contributed by atoms with Crippen molar-refractivity contribution < 1.29 is 4.79 Å². The number of anilines is 1. The maximum atomic E-state index is 13.0. The van der Waals surface area contributed by atoms with Crippen LogP contribution in [0.15, 0.2) is 97.1 Å². The van der Waals surface area contributed by atoms with Crippen LogP contribution in [0.2, 0.25) is 0 Å². The van der Waals surface area contributed by atoms with E-state index < -0.39 is 0 Å². The molecule has 0 aromatic heterocycles. The molecule has 0 heterocycles. The van der Waals surface area contributed by atoms with E-state index in [9.17, 15) is 4.79 Å². The molecule has 2 nitrogen and oxygen atoms in total. The van der Waals surface area contributed by atoms with E-state index in [1.165, 1.54) is 5.56 Å². The minimum absolute atomic E-state index is 0.0602. The van der Waals surface area contributed by atoms with Crippen molar-refractivity contribution in [3.63, 3.8) is 0 Å². The van der Waals surface area contributed by atoms with Crippen LogP contribution in [0.3, 0.4) is 0 Å². The van der Waals surface area contributed by atoms with Crippen molar-refractivity contribution in [1.82, 2.24) is 0 Å². The molecule has 4 rings (SSSR count). The molecular weight excluding hydrogens is 330 g/mol. The second-order valence-corrected chi connectivity index (χ2v) is 6.62. The van der Waals surface area contributed by atoms with E-state index in [1.807, 2.05) is 60.7 Å². The molecule has 0 atom stereocenters. The molecule has 0 aliphatic carbocycles. The number of nitrogens with one attached hydrogen (secondary N) is 1. The van der Waals surface area contributed by atoms with Crippen LogP contribution in [0.25, 0.3) is 10.8 Å². The Hall–Kier alpha value is -3.39. The highest BCUT2D eigenvalue weighted by Crippen LogP contribution is 2.24. The fourth-order valence-corrected chi connectivity index (χ4v) is 3.41. The smallest absolute Gasteiger partial charge is 0.255 e. The van der Waals surface area contributed by atoms with Gasteiger partial charge in [0.2, 0.25) is 0 Å². The van der Waals surface area contributed by atoms with Gasteiger partial charge in [0, 0.05) is 16.6 Å². The summed E-state index contributed by atoms with van der Waals surface area (Å²) < 4.78 is 0. The molecule has 0 radical (unpaired) electrons. The van der Waals surface area contributed by atoms with Crippen molar-refractivity contribution in [3.8, 4) is 0 Å². The molecule has 0 bridgehead atoms. The summed E-state index contributed by atoms with van der Waals surface area (Å²) in [5.41, 5.74) is 3.93. The van der Waals surface area contributed by atoms with Crippen LogP contribution in [0, 0.1) is 0 Å². The molecule has 0 unspecified atom stereocenters. The number of carbonyl (C=O) groups excluding carboxylic acids is 1. The van der Waals surface area contributed by atoms with Gasteiger partial charge >= 0.3 is 0 Å². The number of rotatable bonds is 5. The summed E-state index contributed by atoms with van der Waals surface area (Å²) in [5.74, 6) is -0.0602. The summed E-state index contributed by atoms with van der Waals surface area (Å²) in [6.45, 7) is 0. The van der Waals surface area contributed by atoms with Gasteiger partial charge in [0.15, 0.2) is 0 Å². The first-order chi connectivity index (χ1) is 13.3. The monoisotopic (exact) mass is 351 g/mol. The minimum atomic E-state index is -0.0602. The van der Waals surface area contributed by atoms with Crippen molar-refractivity contribution in [1.29, 1.82) is 0 Å². The van der Waals surface area contributed by atoms with Crippen molar-refractivity contribution in [2.45, 2.75) is 12.8 Å². The lowest BCUT2D eigenvalue weighted by Gasteiger charge is -2.12. The van der Waals surface area contributed by atoms with Crippen LogP contribution in [-0.4, -0.2) is 5.91 Å². The molecule has 0 aliphatic heterocycles. The van der Waals surface area contributed by atoms with Crippen LogP contribution in [0.1, 0.15) is 21.5 Å². The summed E-state index contributed by atoms with van der Waals surface area (Å²) in [4.78, 5) is 13.0. The summed E-state index contributed by atoms with van der Waals surface area (Å²) in [7, 11) is 0. The van der Waals surface area contributed by atoms with Gasteiger partial charge in [-0.2, -0.15) is 0 Å². The maximum Gasteiger partial charge on any atom is 0.255 e. The number of hydrogen-bond donors (Lipinski definition) is 1. The summed E-state index contributed by atoms with van der Waals surface area (Å²) in [6.07, 6.45) is 1.75. The van der Waals surface area contributed by atoms with E-state index in [-0.39, 0.29) is 5.91 Å². The number of amides is 1. The zero-order valence-electron chi connectivity index (χ0n) is 15.1. The minimum Gasteiger partial charge on any atom is -0.321 e. The quantitative estimate of drug-likeness (QED) is 0.478. The van der Waals surface area contributed by atoms with Gasteiger partial charge in [-0.1, -0.05) is 84.9 Å².